The molecule has 1 atom stereocenters. The molecule has 7 heteroatoms. The number of nitrogens with two attached hydrogens (primary N) is 1. The van der Waals surface area contributed by atoms with E-state index >= 15 is 0 Å². The molecule has 2 aromatic rings. The number of allylic oxidation sites excluding steroid dienone is 1. The molecule has 0 radical (unpaired) electrons. The van der Waals surface area contributed by atoms with E-state index in [1.54, 1.807) is 12.1 Å². The molecule has 3 heterocycles. The van der Waals surface area contributed by atoms with E-state index in [1.165, 1.54) is 23.3 Å². The van der Waals surface area contributed by atoms with E-state index in [-0.39, 0.29) is 17.1 Å². The first-order chi connectivity index (χ1) is 12.6. The first-order valence-corrected chi connectivity index (χ1v) is 8.79. The first-order valence-electron chi connectivity index (χ1n) is 7.91. The van der Waals surface area contributed by atoms with Gasteiger partial charge in [0.2, 0.25) is 0 Å². The van der Waals surface area contributed by atoms with Gasteiger partial charge in [-0.25, -0.2) is 0 Å². The minimum Gasteiger partial charge on any atom is -0.384 e. The summed E-state index contributed by atoms with van der Waals surface area (Å²) in [6.07, 6.45) is 0. The molecule has 0 aliphatic carbocycles. The molecule has 1 aromatic carbocycles. The van der Waals surface area contributed by atoms with E-state index in [9.17, 15) is 14.9 Å². The van der Waals surface area contributed by atoms with Crippen molar-refractivity contribution < 1.29 is 9.59 Å². The summed E-state index contributed by atoms with van der Waals surface area (Å²) in [6, 6.07) is 14.9. The van der Waals surface area contributed by atoms with Crippen molar-refractivity contribution in [1.29, 1.82) is 5.26 Å². The highest BCUT2D eigenvalue weighted by Gasteiger charge is 2.48. The molecular formula is C19H14N4O2S. The van der Waals surface area contributed by atoms with Crippen LogP contribution in [0, 0.1) is 11.3 Å². The Morgan fingerprint density at radius 3 is 2.46 bits per heavy atom. The highest BCUT2D eigenvalue weighted by Crippen LogP contribution is 2.46. The van der Waals surface area contributed by atoms with Gasteiger partial charge >= 0.3 is 0 Å². The molecule has 2 N–H and O–H groups in total. The van der Waals surface area contributed by atoms with Crippen LogP contribution in [0.4, 0.5) is 5.69 Å². The van der Waals surface area contributed by atoms with Crippen molar-refractivity contribution in [2.75, 3.05) is 11.9 Å². The third-order valence-electron chi connectivity index (χ3n) is 4.58. The van der Waals surface area contributed by atoms with Gasteiger partial charge in [0.05, 0.1) is 23.1 Å². The minimum absolute atomic E-state index is 0.173. The number of likely N-dealkylation sites (N-methyl/N-ethyl adjacent to an activating group) is 1. The monoisotopic (exact) mass is 362 g/mol. The molecule has 0 bridgehead atoms. The number of benzene rings is 1. The van der Waals surface area contributed by atoms with Crippen molar-refractivity contribution in [3.8, 4) is 6.07 Å². The molecule has 128 valence electrons. The van der Waals surface area contributed by atoms with E-state index in [0.717, 1.165) is 9.78 Å². The number of imide groups is 1. The van der Waals surface area contributed by atoms with Gasteiger partial charge in [-0.05, 0) is 23.6 Å². The van der Waals surface area contributed by atoms with Crippen molar-refractivity contribution >= 4 is 28.8 Å². The lowest BCUT2D eigenvalue weighted by Crippen LogP contribution is -2.37. The summed E-state index contributed by atoms with van der Waals surface area (Å²) in [7, 11) is 1.44. The number of hydrogen-bond donors (Lipinski definition) is 1. The Labute approximate surface area is 154 Å². The second-order valence-electron chi connectivity index (χ2n) is 5.96. The van der Waals surface area contributed by atoms with Crippen LogP contribution >= 0.6 is 11.3 Å². The molecule has 26 heavy (non-hydrogen) atoms. The van der Waals surface area contributed by atoms with Crippen LogP contribution in [0.3, 0.4) is 0 Å². The largest absolute Gasteiger partial charge is 0.384 e. The number of carbonyl (C=O) groups excluding carboxylic acids is 2. The molecule has 0 spiro atoms. The van der Waals surface area contributed by atoms with Crippen molar-refractivity contribution in [2.45, 2.75) is 5.92 Å². The van der Waals surface area contributed by atoms with Crippen LogP contribution in [0.2, 0.25) is 0 Å². The lowest BCUT2D eigenvalue weighted by Gasteiger charge is -2.33. The maximum Gasteiger partial charge on any atom is 0.278 e. The Morgan fingerprint density at radius 1 is 1.12 bits per heavy atom. The zero-order valence-electron chi connectivity index (χ0n) is 13.8. The van der Waals surface area contributed by atoms with Crippen LogP contribution < -0.4 is 10.6 Å². The molecule has 1 unspecified atom stereocenters. The summed E-state index contributed by atoms with van der Waals surface area (Å²) < 4.78 is 0. The van der Waals surface area contributed by atoms with E-state index < -0.39 is 17.7 Å². The van der Waals surface area contributed by atoms with E-state index in [1.807, 2.05) is 35.7 Å². The fourth-order valence-corrected chi connectivity index (χ4v) is 4.21. The van der Waals surface area contributed by atoms with E-state index in [0.29, 0.717) is 11.3 Å². The number of anilines is 1. The van der Waals surface area contributed by atoms with Crippen LogP contribution in [0.25, 0.3) is 0 Å². The number of hydrogen-bond acceptors (Lipinski definition) is 6. The highest BCUT2D eigenvalue weighted by molar-refractivity contribution is 7.10. The number of nitrogens with zero attached hydrogens (tertiary/aromatic N) is 3. The summed E-state index contributed by atoms with van der Waals surface area (Å²) in [6.45, 7) is 0. The fraction of sp³-hybridized carbons (Fsp3) is 0.105. The van der Waals surface area contributed by atoms with Gasteiger partial charge < -0.3 is 5.73 Å². The molecule has 1 aromatic heterocycles. The Bertz CT molecular complexity index is 1020. The van der Waals surface area contributed by atoms with Crippen LogP contribution in [0.15, 0.2) is 70.5 Å². The number of nitriles is 1. The van der Waals surface area contributed by atoms with Crippen molar-refractivity contribution in [3.63, 3.8) is 0 Å². The first kappa shape index (κ1) is 16.1. The second-order valence-corrected chi connectivity index (χ2v) is 6.94. The molecule has 2 aliphatic heterocycles. The topological polar surface area (TPSA) is 90.4 Å². The zero-order valence-corrected chi connectivity index (χ0v) is 14.7. The molecule has 0 saturated heterocycles. The third-order valence-corrected chi connectivity index (χ3v) is 5.51. The maximum absolute atomic E-state index is 12.9. The van der Waals surface area contributed by atoms with Crippen molar-refractivity contribution in [3.05, 3.63) is 75.4 Å². The van der Waals surface area contributed by atoms with Crippen molar-refractivity contribution in [1.82, 2.24) is 4.90 Å². The number of thiophene rings is 1. The predicted molar refractivity (Wildman–Crippen MR) is 97.6 cm³/mol. The fourth-order valence-electron chi connectivity index (χ4n) is 3.36. The average Bonchev–Trinajstić information content (AvgIpc) is 3.26. The third kappa shape index (κ3) is 2.09. The van der Waals surface area contributed by atoms with Crippen LogP contribution in [0.1, 0.15) is 10.8 Å². The Hall–Kier alpha value is -3.37. The standard InChI is InChI=1S/C19H14N4O2S/c1-22-18(24)15-14(13-8-5-9-26-13)12(10-20)17(21)23(16(15)19(22)25)11-6-3-2-4-7-11/h2-9,14H,21H2,1H3. The molecule has 6 nitrogen and oxygen atoms in total. The minimum atomic E-state index is -0.628. The number of carbonyl (C=O) groups is 2. The number of amides is 2. The summed E-state index contributed by atoms with van der Waals surface area (Å²) in [5, 5.41) is 11.7. The van der Waals surface area contributed by atoms with Crippen LogP contribution in [-0.4, -0.2) is 23.8 Å². The molecule has 2 amide bonds. The van der Waals surface area contributed by atoms with Gasteiger partial charge in [-0.15, -0.1) is 11.3 Å². The molecule has 4 rings (SSSR count). The molecule has 0 fully saturated rings. The SMILES string of the molecule is CN1C(=O)C2=C(C1=O)N(c1ccccc1)C(N)=C(C#N)C2c1cccs1. The lowest BCUT2D eigenvalue weighted by atomic mass is 9.85. The van der Waals surface area contributed by atoms with Crippen LogP contribution in [-0.2, 0) is 9.59 Å². The lowest BCUT2D eigenvalue weighted by molar-refractivity contribution is -0.136. The average molecular weight is 362 g/mol. The van der Waals surface area contributed by atoms with Gasteiger partial charge in [0.1, 0.15) is 11.5 Å². The quantitative estimate of drug-likeness (QED) is 0.828. The van der Waals surface area contributed by atoms with E-state index in [2.05, 4.69) is 6.07 Å². The Morgan fingerprint density at radius 2 is 1.85 bits per heavy atom. The van der Waals surface area contributed by atoms with Gasteiger partial charge in [-0.2, -0.15) is 5.26 Å². The number of rotatable bonds is 2. The van der Waals surface area contributed by atoms with Crippen LogP contribution in [0.5, 0.6) is 0 Å². The smallest absolute Gasteiger partial charge is 0.278 e. The Balaban J connectivity index is 2.02. The van der Waals surface area contributed by atoms with Gasteiger partial charge in [-0.1, -0.05) is 24.3 Å². The maximum atomic E-state index is 12.9. The highest BCUT2D eigenvalue weighted by atomic mass is 32.1. The number of para-hydroxylation sites is 1. The molecule has 2 aliphatic rings. The van der Waals surface area contributed by atoms with E-state index in [4.69, 9.17) is 5.73 Å². The summed E-state index contributed by atoms with van der Waals surface area (Å²) in [5.74, 6) is -1.27. The summed E-state index contributed by atoms with van der Waals surface area (Å²) in [5.41, 5.74) is 7.77. The Kier molecular flexibility index (Phi) is 3.63. The second kappa shape index (κ2) is 5.86. The van der Waals surface area contributed by atoms with Gasteiger partial charge in [0.25, 0.3) is 11.8 Å². The molecule has 0 saturated carbocycles. The van der Waals surface area contributed by atoms with Crippen molar-refractivity contribution in [2.24, 2.45) is 5.73 Å². The molecular weight excluding hydrogens is 348 g/mol. The van der Waals surface area contributed by atoms with Gasteiger partial charge in [0.15, 0.2) is 0 Å². The summed E-state index contributed by atoms with van der Waals surface area (Å²) >= 11 is 1.43. The normalized spacial score (nSPS) is 19.9. The van der Waals surface area contributed by atoms with Gasteiger partial charge in [-0.3, -0.25) is 19.4 Å². The predicted octanol–water partition coefficient (Wildman–Crippen LogP) is 2.30. The van der Waals surface area contributed by atoms with Gasteiger partial charge in [0, 0.05) is 17.6 Å². The zero-order chi connectivity index (χ0) is 18.4. The summed E-state index contributed by atoms with van der Waals surface area (Å²) in [4.78, 5) is 29.1.